The van der Waals surface area contributed by atoms with Crippen molar-refractivity contribution < 1.29 is 9.50 Å². The highest BCUT2D eigenvalue weighted by Crippen LogP contribution is 2.28. The molecule has 0 radical (unpaired) electrons. The average Bonchev–Trinajstić information content (AvgIpc) is 2.52. The fourth-order valence-electron chi connectivity index (χ4n) is 3.00. The summed E-state index contributed by atoms with van der Waals surface area (Å²) in [4.78, 5) is 21.6. The van der Waals surface area contributed by atoms with Crippen LogP contribution in [0.5, 0.6) is 5.75 Å². The first-order valence-corrected chi connectivity index (χ1v) is 8.36. The van der Waals surface area contributed by atoms with Crippen molar-refractivity contribution >= 4 is 11.6 Å². The summed E-state index contributed by atoms with van der Waals surface area (Å²) >= 11 is 5.83. The smallest absolute Gasteiger partial charge is 0.254 e. The van der Waals surface area contributed by atoms with Gasteiger partial charge in [0.2, 0.25) is 0 Å². The van der Waals surface area contributed by atoms with E-state index >= 15 is 0 Å². The second-order valence-electron chi connectivity index (χ2n) is 6.06. The lowest BCUT2D eigenvalue weighted by Crippen LogP contribution is -2.35. The van der Waals surface area contributed by atoms with E-state index in [2.05, 4.69) is 14.9 Å². The predicted octanol–water partition coefficient (Wildman–Crippen LogP) is 2.78. The second kappa shape index (κ2) is 6.91. The normalized spacial score (nSPS) is 14.6. The summed E-state index contributed by atoms with van der Waals surface area (Å²) < 4.78 is 13.6. The van der Waals surface area contributed by atoms with E-state index in [4.69, 9.17) is 11.6 Å². The van der Waals surface area contributed by atoms with Gasteiger partial charge in [-0.15, -0.1) is 0 Å². The minimum absolute atomic E-state index is 0.00205. The Hall–Kier alpha value is -1.92. The predicted molar refractivity (Wildman–Crippen MR) is 89.7 cm³/mol. The number of aromatic nitrogens is 2. The molecule has 0 spiro atoms. The van der Waals surface area contributed by atoms with E-state index in [-0.39, 0.29) is 10.6 Å². The van der Waals surface area contributed by atoms with Crippen LogP contribution in [-0.2, 0) is 25.9 Å². The van der Waals surface area contributed by atoms with Gasteiger partial charge in [0.25, 0.3) is 5.56 Å². The van der Waals surface area contributed by atoms with Crippen LogP contribution < -0.4 is 5.56 Å². The number of hydrogen-bond donors (Lipinski definition) is 2. The van der Waals surface area contributed by atoms with Gasteiger partial charge in [0.05, 0.1) is 10.7 Å². The van der Waals surface area contributed by atoms with Gasteiger partial charge in [-0.3, -0.25) is 9.69 Å². The Morgan fingerprint density at radius 2 is 2.25 bits per heavy atom. The third-order valence-electron chi connectivity index (χ3n) is 4.17. The molecule has 0 unspecified atom stereocenters. The van der Waals surface area contributed by atoms with Crippen molar-refractivity contribution in [2.45, 2.75) is 39.3 Å². The van der Waals surface area contributed by atoms with Crippen molar-refractivity contribution in [1.82, 2.24) is 14.9 Å². The molecule has 0 bridgehead atoms. The summed E-state index contributed by atoms with van der Waals surface area (Å²) in [5.41, 5.74) is 2.15. The minimum atomic E-state index is -0.727. The lowest BCUT2D eigenvalue weighted by molar-refractivity contribution is 0.239. The number of nitrogens with zero attached hydrogens (tertiary/aromatic N) is 2. The highest BCUT2D eigenvalue weighted by molar-refractivity contribution is 6.32. The first-order valence-electron chi connectivity index (χ1n) is 7.98. The molecule has 0 saturated heterocycles. The number of nitrogens with one attached hydrogen (secondary N) is 1. The van der Waals surface area contributed by atoms with Crippen LogP contribution in [-0.4, -0.2) is 26.5 Å². The fraction of sp³-hybridized carbons (Fsp3) is 0.412. The molecule has 1 aliphatic heterocycles. The molecule has 24 heavy (non-hydrogen) atoms. The lowest BCUT2D eigenvalue weighted by atomic mass is 10.1. The molecule has 0 fully saturated rings. The van der Waals surface area contributed by atoms with E-state index in [1.807, 2.05) is 6.92 Å². The van der Waals surface area contributed by atoms with E-state index in [9.17, 15) is 14.3 Å². The van der Waals surface area contributed by atoms with Crippen molar-refractivity contribution in [3.8, 4) is 5.75 Å². The zero-order valence-electron chi connectivity index (χ0n) is 13.4. The molecule has 1 aliphatic rings. The number of H-pyrrole nitrogens is 1. The van der Waals surface area contributed by atoms with Gasteiger partial charge < -0.3 is 10.1 Å². The number of hydrogen-bond acceptors (Lipinski definition) is 4. The zero-order chi connectivity index (χ0) is 17.3. The Morgan fingerprint density at radius 1 is 1.46 bits per heavy atom. The Labute approximate surface area is 144 Å². The van der Waals surface area contributed by atoms with Crippen LogP contribution >= 0.6 is 11.6 Å². The number of aromatic hydroxyl groups is 1. The van der Waals surface area contributed by atoms with E-state index in [0.717, 1.165) is 24.1 Å². The molecule has 5 nitrogen and oxygen atoms in total. The highest BCUT2D eigenvalue weighted by atomic mass is 35.5. The Bertz CT molecular complexity index is 799. The van der Waals surface area contributed by atoms with E-state index < -0.39 is 11.6 Å². The molecule has 3 rings (SSSR count). The first kappa shape index (κ1) is 16.9. The minimum Gasteiger partial charge on any atom is -0.504 e. The third kappa shape index (κ3) is 3.44. The maximum absolute atomic E-state index is 13.6. The van der Waals surface area contributed by atoms with Gasteiger partial charge in [0.15, 0.2) is 11.6 Å². The molecule has 0 atom stereocenters. The molecule has 1 aromatic carbocycles. The summed E-state index contributed by atoms with van der Waals surface area (Å²) in [7, 11) is 0. The van der Waals surface area contributed by atoms with Crippen molar-refractivity contribution in [3.63, 3.8) is 0 Å². The highest BCUT2D eigenvalue weighted by Gasteiger charge is 2.21. The molecule has 7 heteroatoms. The van der Waals surface area contributed by atoms with Crippen LogP contribution in [0.25, 0.3) is 0 Å². The number of rotatable bonds is 4. The van der Waals surface area contributed by atoms with Gasteiger partial charge >= 0.3 is 0 Å². The monoisotopic (exact) mass is 351 g/mol. The fourth-order valence-corrected chi connectivity index (χ4v) is 3.23. The zero-order valence-corrected chi connectivity index (χ0v) is 14.2. The number of benzene rings is 1. The molecule has 0 aliphatic carbocycles. The number of aromatic amines is 1. The number of phenols is 1. The molecule has 128 valence electrons. The standard InChI is InChI=1S/C17H19ClFN3O2/c1-2-3-15-20-14-9-22(5-4-11(14)17(24)21-15)8-10-6-12(18)16(23)13(19)7-10/h6-7,23H,2-5,8-9H2,1H3,(H,20,21,24). The molecular formula is C17H19ClFN3O2. The summed E-state index contributed by atoms with van der Waals surface area (Å²) in [6.45, 7) is 3.74. The summed E-state index contributed by atoms with van der Waals surface area (Å²) in [6.07, 6.45) is 2.26. The van der Waals surface area contributed by atoms with Gasteiger partial charge in [0, 0.05) is 31.6 Å². The van der Waals surface area contributed by atoms with Crippen molar-refractivity contribution in [2.24, 2.45) is 0 Å². The lowest BCUT2D eigenvalue weighted by Gasteiger charge is -2.27. The molecule has 0 saturated carbocycles. The van der Waals surface area contributed by atoms with E-state index in [1.54, 1.807) is 6.07 Å². The Balaban J connectivity index is 1.81. The van der Waals surface area contributed by atoms with Gasteiger partial charge in [-0.05, 0) is 30.5 Å². The van der Waals surface area contributed by atoms with Gasteiger partial charge in [-0.1, -0.05) is 18.5 Å². The van der Waals surface area contributed by atoms with Gasteiger partial charge in [0.1, 0.15) is 5.82 Å². The molecule has 1 aromatic heterocycles. The van der Waals surface area contributed by atoms with Crippen molar-refractivity contribution in [1.29, 1.82) is 0 Å². The maximum atomic E-state index is 13.6. The first-order chi connectivity index (χ1) is 11.5. The Morgan fingerprint density at radius 3 is 2.96 bits per heavy atom. The molecular weight excluding hydrogens is 333 g/mol. The topological polar surface area (TPSA) is 69.2 Å². The number of halogens is 2. The Kier molecular flexibility index (Phi) is 4.87. The molecule has 2 heterocycles. The SMILES string of the molecule is CCCc1nc2c(c(=O)[nH]1)CCN(Cc1cc(F)c(O)c(Cl)c1)C2. The number of phenolic OH excluding ortho intramolecular Hbond substituents is 1. The molecule has 2 aromatic rings. The number of fused-ring (bicyclic) bond motifs is 1. The third-order valence-corrected chi connectivity index (χ3v) is 4.46. The van der Waals surface area contributed by atoms with E-state index in [1.165, 1.54) is 6.07 Å². The van der Waals surface area contributed by atoms with Crippen LogP contribution in [0, 0.1) is 5.82 Å². The molecule has 2 N–H and O–H groups in total. The van der Waals surface area contributed by atoms with Crippen LogP contribution in [0.1, 0.15) is 36.0 Å². The van der Waals surface area contributed by atoms with E-state index in [0.29, 0.717) is 37.4 Å². The quantitative estimate of drug-likeness (QED) is 0.888. The summed E-state index contributed by atoms with van der Waals surface area (Å²) in [6, 6.07) is 2.84. The maximum Gasteiger partial charge on any atom is 0.254 e. The summed E-state index contributed by atoms with van der Waals surface area (Å²) in [5, 5.41) is 9.41. The largest absolute Gasteiger partial charge is 0.504 e. The van der Waals surface area contributed by atoms with Gasteiger partial charge in [-0.25, -0.2) is 9.37 Å². The van der Waals surface area contributed by atoms with Crippen molar-refractivity contribution in [3.05, 3.63) is 56.0 Å². The van der Waals surface area contributed by atoms with Gasteiger partial charge in [-0.2, -0.15) is 0 Å². The van der Waals surface area contributed by atoms with Crippen LogP contribution in [0.4, 0.5) is 4.39 Å². The second-order valence-corrected chi connectivity index (χ2v) is 6.46. The van der Waals surface area contributed by atoms with Crippen LogP contribution in [0.2, 0.25) is 5.02 Å². The summed E-state index contributed by atoms with van der Waals surface area (Å²) in [5.74, 6) is -0.543. The average molecular weight is 352 g/mol. The number of aryl methyl sites for hydroxylation is 1. The van der Waals surface area contributed by atoms with Crippen LogP contribution in [0.3, 0.4) is 0 Å². The van der Waals surface area contributed by atoms with Crippen LogP contribution in [0.15, 0.2) is 16.9 Å². The van der Waals surface area contributed by atoms with Crippen molar-refractivity contribution in [2.75, 3.05) is 6.54 Å². The molecule has 0 amide bonds.